The average Bonchev–Trinajstić information content (AvgIpc) is 2.74. The Labute approximate surface area is 99.3 Å². The zero-order valence-electron chi connectivity index (χ0n) is 9.09. The first kappa shape index (κ1) is 12.0. The Morgan fingerprint density at radius 3 is 2.94 bits per heavy atom. The van der Waals surface area contributed by atoms with E-state index in [1.54, 1.807) is 11.3 Å². The molecule has 1 aromatic heterocycles. The van der Waals surface area contributed by atoms with Gasteiger partial charge >= 0.3 is 0 Å². The van der Waals surface area contributed by atoms with Crippen molar-refractivity contribution in [2.45, 2.75) is 25.1 Å². The van der Waals surface area contributed by atoms with E-state index >= 15 is 0 Å². The molecule has 0 spiro atoms. The van der Waals surface area contributed by atoms with Crippen LogP contribution >= 0.6 is 11.3 Å². The Hall–Kier alpha value is -0.500. The predicted octanol–water partition coefficient (Wildman–Crippen LogP) is 0.314. The molecule has 16 heavy (non-hydrogen) atoms. The second kappa shape index (κ2) is 4.40. The van der Waals surface area contributed by atoms with Gasteiger partial charge in [0.15, 0.2) is 0 Å². The lowest BCUT2D eigenvalue weighted by atomic mass is 10.4. The highest BCUT2D eigenvalue weighted by Gasteiger charge is 2.30. The SMILES string of the molecule is Cc1csc(CN2CCC(S(N)(=O)=O)C2)n1. The highest BCUT2D eigenvalue weighted by molar-refractivity contribution is 7.89. The minimum atomic E-state index is -3.38. The predicted molar refractivity (Wildman–Crippen MR) is 63.6 cm³/mol. The monoisotopic (exact) mass is 261 g/mol. The van der Waals surface area contributed by atoms with Crippen molar-refractivity contribution in [3.63, 3.8) is 0 Å². The molecule has 5 nitrogen and oxygen atoms in total. The molecule has 1 aliphatic heterocycles. The fourth-order valence-corrected chi connectivity index (χ4v) is 3.54. The molecule has 0 radical (unpaired) electrons. The third-order valence-corrected chi connectivity index (χ3v) is 4.98. The first-order chi connectivity index (χ1) is 7.45. The summed E-state index contributed by atoms with van der Waals surface area (Å²) in [5.74, 6) is 0. The third-order valence-electron chi connectivity index (χ3n) is 2.72. The average molecular weight is 261 g/mol. The second-order valence-electron chi connectivity index (χ2n) is 4.12. The zero-order chi connectivity index (χ0) is 11.8. The smallest absolute Gasteiger partial charge is 0.213 e. The molecule has 1 fully saturated rings. The van der Waals surface area contributed by atoms with Gasteiger partial charge in [-0.3, -0.25) is 4.90 Å². The van der Waals surface area contributed by atoms with Gasteiger partial charge in [0.2, 0.25) is 10.0 Å². The molecule has 2 N–H and O–H groups in total. The molecule has 1 unspecified atom stereocenters. The molecular formula is C9H15N3O2S2. The van der Waals surface area contributed by atoms with Crippen LogP contribution in [0.4, 0.5) is 0 Å². The minimum Gasteiger partial charge on any atom is -0.295 e. The maximum Gasteiger partial charge on any atom is 0.213 e. The molecule has 1 saturated heterocycles. The number of nitrogens with zero attached hydrogens (tertiary/aromatic N) is 2. The van der Waals surface area contributed by atoms with E-state index in [2.05, 4.69) is 9.88 Å². The van der Waals surface area contributed by atoms with Crippen LogP contribution in [0.3, 0.4) is 0 Å². The van der Waals surface area contributed by atoms with Crippen molar-refractivity contribution >= 4 is 21.4 Å². The van der Waals surface area contributed by atoms with Crippen LogP contribution < -0.4 is 5.14 Å². The lowest BCUT2D eigenvalue weighted by molar-refractivity contribution is 0.330. The van der Waals surface area contributed by atoms with E-state index in [-0.39, 0.29) is 0 Å². The summed E-state index contributed by atoms with van der Waals surface area (Å²) in [6, 6.07) is 0. The van der Waals surface area contributed by atoms with E-state index in [4.69, 9.17) is 5.14 Å². The summed E-state index contributed by atoms with van der Waals surface area (Å²) < 4.78 is 22.3. The highest BCUT2D eigenvalue weighted by Crippen LogP contribution is 2.19. The Bertz CT molecular complexity index is 469. The number of likely N-dealkylation sites (tertiary alicyclic amines) is 1. The van der Waals surface area contributed by atoms with Crippen molar-refractivity contribution in [1.29, 1.82) is 0 Å². The molecule has 2 heterocycles. The summed E-state index contributed by atoms with van der Waals surface area (Å²) >= 11 is 1.61. The van der Waals surface area contributed by atoms with E-state index in [1.807, 2.05) is 12.3 Å². The van der Waals surface area contributed by atoms with Gasteiger partial charge in [0, 0.05) is 17.6 Å². The van der Waals surface area contributed by atoms with Crippen molar-refractivity contribution in [2.24, 2.45) is 5.14 Å². The molecule has 0 amide bonds. The van der Waals surface area contributed by atoms with Gasteiger partial charge in [-0.05, 0) is 19.9 Å². The number of hydrogen-bond donors (Lipinski definition) is 1. The molecule has 1 aromatic rings. The summed E-state index contributed by atoms with van der Waals surface area (Å²) in [6.07, 6.45) is 0.628. The number of thiazole rings is 1. The summed E-state index contributed by atoms with van der Waals surface area (Å²) in [5, 5.41) is 7.76. The Kier molecular flexibility index (Phi) is 3.29. The van der Waals surface area contributed by atoms with Gasteiger partial charge in [-0.25, -0.2) is 18.5 Å². The number of nitrogens with two attached hydrogens (primary N) is 1. The molecule has 90 valence electrons. The first-order valence-electron chi connectivity index (χ1n) is 5.10. The molecule has 1 aliphatic rings. The fraction of sp³-hybridized carbons (Fsp3) is 0.667. The van der Waals surface area contributed by atoms with Crippen LogP contribution in [0.1, 0.15) is 17.1 Å². The van der Waals surface area contributed by atoms with Crippen LogP contribution in [0.25, 0.3) is 0 Å². The normalized spacial score (nSPS) is 22.8. The van der Waals surface area contributed by atoms with E-state index in [9.17, 15) is 8.42 Å². The summed E-state index contributed by atoms with van der Waals surface area (Å²) in [6.45, 7) is 3.98. The van der Waals surface area contributed by atoms with E-state index in [0.717, 1.165) is 23.8 Å². The molecule has 0 aliphatic carbocycles. The number of aryl methyl sites for hydroxylation is 1. The zero-order valence-corrected chi connectivity index (χ0v) is 10.7. The van der Waals surface area contributed by atoms with Crippen LogP contribution in [-0.2, 0) is 16.6 Å². The molecule has 7 heteroatoms. The van der Waals surface area contributed by atoms with Crippen molar-refractivity contribution in [2.75, 3.05) is 13.1 Å². The standard InChI is InChI=1S/C9H15N3O2S2/c1-7-6-15-9(11-7)5-12-3-2-8(4-12)16(10,13)14/h6,8H,2-5H2,1H3,(H2,10,13,14). The summed E-state index contributed by atoms with van der Waals surface area (Å²) in [7, 11) is -3.38. The largest absolute Gasteiger partial charge is 0.295 e. The number of sulfonamides is 1. The van der Waals surface area contributed by atoms with Gasteiger partial charge in [0.1, 0.15) is 5.01 Å². The molecule has 0 saturated carbocycles. The summed E-state index contributed by atoms with van der Waals surface area (Å²) in [5.41, 5.74) is 1.02. The van der Waals surface area contributed by atoms with Gasteiger partial charge in [-0.2, -0.15) is 0 Å². The van der Waals surface area contributed by atoms with Crippen LogP contribution in [0.5, 0.6) is 0 Å². The van der Waals surface area contributed by atoms with Crippen LogP contribution in [0.2, 0.25) is 0 Å². The quantitative estimate of drug-likeness (QED) is 0.850. The fourth-order valence-electron chi connectivity index (χ4n) is 1.88. The van der Waals surface area contributed by atoms with E-state index in [1.165, 1.54) is 0 Å². The maximum atomic E-state index is 11.2. The van der Waals surface area contributed by atoms with Crippen LogP contribution in [0.15, 0.2) is 5.38 Å². The second-order valence-corrected chi connectivity index (χ2v) is 6.90. The Balaban J connectivity index is 1.95. The van der Waals surface area contributed by atoms with Crippen molar-refractivity contribution in [1.82, 2.24) is 9.88 Å². The third kappa shape index (κ3) is 2.79. The van der Waals surface area contributed by atoms with Crippen molar-refractivity contribution in [3.05, 3.63) is 16.1 Å². The molecule has 0 bridgehead atoms. The Morgan fingerprint density at radius 2 is 2.44 bits per heavy atom. The van der Waals surface area contributed by atoms with Crippen LogP contribution in [0, 0.1) is 6.92 Å². The molecule has 0 aromatic carbocycles. The molecule has 2 rings (SSSR count). The number of primary sulfonamides is 1. The van der Waals surface area contributed by atoms with Crippen molar-refractivity contribution in [3.8, 4) is 0 Å². The van der Waals surface area contributed by atoms with Gasteiger partial charge in [0.05, 0.1) is 11.8 Å². The lowest BCUT2D eigenvalue weighted by Crippen LogP contribution is -2.31. The topological polar surface area (TPSA) is 76.3 Å². The molecular weight excluding hydrogens is 246 g/mol. The van der Waals surface area contributed by atoms with Gasteiger partial charge in [-0.1, -0.05) is 0 Å². The minimum absolute atomic E-state index is 0.409. The maximum absolute atomic E-state index is 11.2. The first-order valence-corrected chi connectivity index (χ1v) is 7.59. The number of rotatable bonds is 3. The lowest BCUT2D eigenvalue weighted by Gasteiger charge is -2.13. The highest BCUT2D eigenvalue weighted by atomic mass is 32.2. The van der Waals surface area contributed by atoms with Crippen LogP contribution in [-0.4, -0.2) is 36.6 Å². The van der Waals surface area contributed by atoms with Crippen molar-refractivity contribution < 1.29 is 8.42 Å². The van der Waals surface area contributed by atoms with Gasteiger partial charge < -0.3 is 0 Å². The number of hydrogen-bond acceptors (Lipinski definition) is 5. The van der Waals surface area contributed by atoms with E-state index < -0.39 is 15.3 Å². The number of aromatic nitrogens is 1. The molecule has 1 atom stereocenters. The Morgan fingerprint density at radius 1 is 1.69 bits per heavy atom. The van der Waals surface area contributed by atoms with Gasteiger partial charge in [-0.15, -0.1) is 11.3 Å². The van der Waals surface area contributed by atoms with E-state index in [0.29, 0.717) is 13.0 Å². The van der Waals surface area contributed by atoms with Gasteiger partial charge in [0.25, 0.3) is 0 Å². The summed E-state index contributed by atoms with van der Waals surface area (Å²) in [4.78, 5) is 6.45.